The van der Waals surface area contributed by atoms with Gasteiger partial charge in [-0.1, -0.05) is 68.4 Å². The van der Waals surface area contributed by atoms with Crippen LogP contribution in [0.15, 0.2) is 78.9 Å². The number of amides is 4. The molecule has 0 saturated heterocycles. The van der Waals surface area contributed by atoms with E-state index >= 15 is 0 Å². The molecule has 3 aromatic rings. The number of carbonyl (C=O) groups excluding carboxylic acids is 4. The second kappa shape index (κ2) is 17.4. The highest BCUT2D eigenvalue weighted by Crippen LogP contribution is 2.34. The topological polar surface area (TPSA) is 128 Å². The second-order valence-corrected chi connectivity index (χ2v) is 12.0. The number of carbonyl (C=O) groups is 4. The van der Waals surface area contributed by atoms with Crippen LogP contribution in [0.1, 0.15) is 78.1 Å². The Bertz CT molecular complexity index is 1550. The maximum Gasteiger partial charge on any atom is 0.416 e. The van der Waals surface area contributed by atoms with Gasteiger partial charge in [0.1, 0.15) is 6.04 Å². The van der Waals surface area contributed by atoms with Crippen molar-refractivity contribution in [1.29, 1.82) is 0 Å². The number of rotatable bonds is 15. The molecule has 0 heterocycles. The number of hydrogen-bond acceptors (Lipinski definition) is 5. The van der Waals surface area contributed by atoms with Crippen LogP contribution < -0.4 is 26.6 Å². The Balaban J connectivity index is 1.71. The van der Waals surface area contributed by atoms with Crippen molar-refractivity contribution in [3.8, 4) is 0 Å². The number of alkyl halides is 3. The summed E-state index contributed by atoms with van der Waals surface area (Å²) in [4.78, 5) is 51.9. The van der Waals surface area contributed by atoms with Crippen LogP contribution in [0.2, 0.25) is 0 Å². The highest BCUT2D eigenvalue weighted by Gasteiger charge is 2.34. The van der Waals surface area contributed by atoms with E-state index in [0.29, 0.717) is 13.0 Å². The first kappa shape index (κ1) is 37.7. The molecule has 258 valence electrons. The van der Waals surface area contributed by atoms with Gasteiger partial charge in [-0.3, -0.25) is 19.2 Å². The lowest BCUT2D eigenvalue weighted by Crippen LogP contribution is -2.55. The summed E-state index contributed by atoms with van der Waals surface area (Å²) in [5.74, 6) is -1.87. The predicted molar refractivity (Wildman–Crippen MR) is 178 cm³/mol. The Morgan fingerprint density at radius 3 is 1.94 bits per heavy atom. The average Bonchev–Trinajstić information content (AvgIpc) is 3.05. The van der Waals surface area contributed by atoms with Gasteiger partial charge in [-0.25, -0.2) is 0 Å². The van der Waals surface area contributed by atoms with Crippen molar-refractivity contribution in [2.45, 2.75) is 71.4 Å². The Morgan fingerprint density at radius 1 is 0.729 bits per heavy atom. The number of benzene rings is 3. The minimum Gasteiger partial charge on any atom is -0.355 e. The third-order valence-electron chi connectivity index (χ3n) is 7.79. The second-order valence-electron chi connectivity index (χ2n) is 12.0. The number of nitrogens with one attached hydrogen (secondary N) is 5. The van der Waals surface area contributed by atoms with Crippen molar-refractivity contribution in [3.63, 3.8) is 0 Å². The number of hydrogen-bond donors (Lipinski definition) is 5. The van der Waals surface area contributed by atoms with Crippen LogP contribution in [-0.4, -0.2) is 54.8 Å². The lowest BCUT2D eigenvalue weighted by Gasteiger charge is -2.25. The molecule has 12 heteroatoms. The first-order valence-corrected chi connectivity index (χ1v) is 15.9. The van der Waals surface area contributed by atoms with Crippen LogP contribution in [0, 0.1) is 5.92 Å². The third-order valence-corrected chi connectivity index (χ3v) is 7.79. The molecular formula is C36H44F3N5O4. The van der Waals surface area contributed by atoms with Crippen molar-refractivity contribution >= 4 is 23.6 Å². The molecule has 0 aromatic heterocycles. The molecule has 9 nitrogen and oxygen atoms in total. The summed E-state index contributed by atoms with van der Waals surface area (Å²) >= 11 is 0. The van der Waals surface area contributed by atoms with Crippen LogP contribution in [0.4, 0.5) is 13.2 Å². The molecule has 0 aliphatic carbocycles. The van der Waals surface area contributed by atoms with Crippen molar-refractivity contribution < 1.29 is 32.3 Å². The average molecular weight is 668 g/mol. The molecule has 0 fully saturated rings. The smallest absolute Gasteiger partial charge is 0.355 e. The quantitative estimate of drug-likeness (QED) is 0.159. The molecule has 48 heavy (non-hydrogen) atoms. The minimum absolute atomic E-state index is 0.0737. The SMILES string of the molecule is CCNC(=O)[C@@H](NC(=O)[C@H](C)NC[C@H](Cc1ccccc1)NC(=O)c1cccc(C(=O)NC(C)c2ccccc2C(F)(F)F)c1)C(C)C. The van der Waals surface area contributed by atoms with Crippen LogP contribution in [-0.2, 0) is 22.2 Å². The van der Waals surface area contributed by atoms with Gasteiger partial charge in [0.2, 0.25) is 11.8 Å². The molecule has 4 amide bonds. The maximum absolute atomic E-state index is 13.5. The van der Waals surface area contributed by atoms with Gasteiger partial charge in [0.15, 0.2) is 0 Å². The summed E-state index contributed by atoms with van der Waals surface area (Å²) in [6.07, 6.45) is -4.15. The van der Waals surface area contributed by atoms with E-state index in [1.54, 1.807) is 13.8 Å². The van der Waals surface area contributed by atoms with Crippen molar-refractivity contribution in [1.82, 2.24) is 26.6 Å². The fourth-order valence-electron chi connectivity index (χ4n) is 5.14. The van der Waals surface area contributed by atoms with E-state index in [1.165, 1.54) is 49.4 Å². The molecule has 0 aliphatic rings. The lowest BCUT2D eigenvalue weighted by molar-refractivity contribution is -0.138. The maximum atomic E-state index is 13.5. The van der Waals surface area contributed by atoms with E-state index in [2.05, 4.69) is 26.6 Å². The first-order valence-electron chi connectivity index (χ1n) is 15.9. The third kappa shape index (κ3) is 10.9. The predicted octanol–water partition coefficient (Wildman–Crippen LogP) is 4.79. The Morgan fingerprint density at radius 2 is 1.33 bits per heavy atom. The molecule has 0 spiro atoms. The van der Waals surface area contributed by atoms with E-state index < -0.39 is 47.7 Å². The van der Waals surface area contributed by atoms with Gasteiger partial charge in [0.05, 0.1) is 17.6 Å². The lowest BCUT2D eigenvalue weighted by atomic mass is 10.0. The van der Waals surface area contributed by atoms with Gasteiger partial charge in [0.25, 0.3) is 11.8 Å². The molecule has 1 unspecified atom stereocenters. The van der Waals surface area contributed by atoms with Crippen molar-refractivity contribution in [3.05, 3.63) is 107 Å². The summed E-state index contributed by atoms with van der Waals surface area (Å²) < 4.78 is 40.6. The monoisotopic (exact) mass is 667 g/mol. The van der Waals surface area contributed by atoms with Crippen LogP contribution in [0.3, 0.4) is 0 Å². The molecule has 5 N–H and O–H groups in total. The van der Waals surface area contributed by atoms with Gasteiger partial charge in [-0.15, -0.1) is 0 Å². The summed E-state index contributed by atoms with van der Waals surface area (Å²) in [5, 5.41) is 14.3. The number of halogens is 3. The van der Waals surface area contributed by atoms with Crippen LogP contribution in [0.25, 0.3) is 0 Å². The molecule has 4 atom stereocenters. The highest BCUT2D eigenvalue weighted by molar-refractivity contribution is 6.00. The molecule has 0 bridgehead atoms. The molecule has 3 aromatic carbocycles. The van der Waals surface area contributed by atoms with E-state index in [9.17, 15) is 32.3 Å². The van der Waals surface area contributed by atoms with Crippen LogP contribution in [0.5, 0.6) is 0 Å². The molecule has 3 rings (SSSR count). The summed E-state index contributed by atoms with van der Waals surface area (Å²) in [7, 11) is 0. The van der Waals surface area contributed by atoms with Gasteiger partial charge < -0.3 is 26.6 Å². The zero-order chi connectivity index (χ0) is 35.4. The van der Waals surface area contributed by atoms with E-state index in [0.717, 1.165) is 11.6 Å². The Hall–Kier alpha value is -4.71. The first-order chi connectivity index (χ1) is 22.7. The van der Waals surface area contributed by atoms with Crippen LogP contribution >= 0.6 is 0 Å². The zero-order valence-electron chi connectivity index (χ0n) is 27.8. The van der Waals surface area contributed by atoms with Gasteiger partial charge in [0, 0.05) is 30.3 Å². The Kier molecular flexibility index (Phi) is 13.7. The summed E-state index contributed by atoms with van der Waals surface area (Å²) in [5.41, 5.74) is 0.317. The van der Waals surface area contributed by atoms with Gasteiger partial charge in [-0.2, -0.15) is 13.2 Å². The molecule has 0 aliphatic heterocycles. The van der Waals surface area contributed by atoms with Crippen molar-refractivity contribution in [2.24, 2.45) is 5.92 Å². The minimum atomic E-state index is -4.58. The summed E-state index contributed by atoms with van der Waals surface area (Å²) in [6, 6.07) is 17.6. The number of likely N-dealkylation sites (N-methyl/N-ethyl adjacent to an activating group) is 1. The fraction of sp³-hybridized carbons (Fsp3) is 0.389. The fourth-order valence-corrected chi connectivity index (χ4v) is 5.14. The van der Waals surface area contributed by atoms with Gasteiger partial charge in [-0.05, 0) is 68.5 Å². The Labute approximate surface area is 279 Å². The largest absolute Gasteiger partial charge is 0.416 e. The molecule has 0 radical (unpaired) electrons. The highest BCUT2D eigenvalue weighted by atomic mass is 19.4. The van der Waals surface area contributed by atoms with E-state index in [4.69, 9.17) is 0 Å². The molecular weight excluding hydrogens is 623 g/mol. The normalized spacial score (nSPS) is 13.9. The standard InChI is InChI=1S/C36H44F3N5O4/c1-6-40-35(48)31(22(2)3)44-32(45)24(5)41-21-28(19-25-13-8-7-9-14-25)43-34(47)27-16-12-15-26(20-27)33(46)42-23(4)29-17-10-11-18-30(29)36(37,38)39/h7-18,20,22-24,28,31,41H,6,19,21H2,1-5H3,(H,40,48)(H,42,46)(H,43,47)(H,44,45)/t23?,24-,28-,31-/m0/s1. The molecule has 0 saturated carbocycles. The zero-order valence-corrected chi connectivity index (χ0v) is 27.8. The van der Waals surface area contributed by atoms with E-state index in [-0.39, 0.29) is 41.0 Å². The van der Waals surface area contributed by atoms with E-state index in [1.807, 2.05) is 44.2 Å². The summed E-state index contributed by atoms with van der Waals surface area (Å²) in [6.45, 7) is 9.27. The van der Waals surface area contributed by atoms with Crippen molar-refractivity contribution in [2.75, 3.05) is 13.1 Å². The van der Waals surface area contributed by atoms with Gasteiger partial charge >= 0.3 is 6.18 Å².